The molecule has 1 heteroatoms. The van der Waals surface area contributed by atoms with Crippen molar-refractivity contribution in [1.82, 2.24) is 0 Å². The van der Waals surface area contributed by atoms with Gasteiger partial charge in [0.2, 0.25) is 0 Å². The first-order valence-electron chi connectivity index (χ1n) is 7.55. The van der Waals surface area contributed by atoms with Gasteiger partial charge in [-0.3, -0.25) is 0 Å². The maximum atomic E-state index is 6.45. The normalized spacial score (nSPS) is 34.1. The van der Waals surface area contributed by atoms with Gasteiger partial charge in [-0.1, -0.05) is 51.9 Å². The van der Waals surface area contributed by atoms with E-state index in [2.05, 4.69) is 6.92 Å². The van der Waals surface area contributed by atoms with E-state index < -0.39 is 0 Å². The minimum atomic E-state index is 0.512. The Morgan fingerprint density at radius 1 is 1.00 bits per heavy atom. The zero-order chi connectivity index (χ0) is 11.4. The van der Waals surface area contributed by atoms with Gasteiger partial charge < -0.3 is 5.73 Å². The second-order valence-electron chi connectivity index (χ2n) is 6.25. The molecule has 2 aliphatic rings. The van der Waals surface area contributed by atoms with E-state index >= 15 is 0 Å². The molecule has 0 aromatic heterocycles. The molecule has 94 valence electrons. The SMILES string of the molecule is CCC1CCCC(C(N)CC2CCCC2)C1. The Balaban J connectivity index is 1.76. The highest BCUT2D eigenvalue weighted by Crippen LogP contribution is 2.36. The van der Waals surface area contributed by atoms with Crippen molar-refractivity contribution in [3.05, 3.63) is 0 Å². The Bertz CT molecular complexity index is 196. The monoisotopic (exact) mass is 223 g/mol. The summed E-state index contributed by atoms with van der Waals surface area (Å²) in [6.45, 7) is 2.34. The standard InChI is InChI=1S/C15H29N/c1-2-12-8-5-9-14(10-12)15(16)11-13-6-3-4-7-13/h12-15H,2-11,16H2,1H3. The molecule has 2 saturated carbocycles. The number of hydrogen-bond acceptors (Lipinski definition) is 1. The first-order chi connectivity index (χ1) is 7.79. The van der Waals surface area contributed by atoms with Crippen LogP contribution in [0.3, 0.4) is 0 Å². The zero-order valence-corrected chi connectivity index (χ0v) is 11.0. The van der Waals surface area contributed by atoms with Crippen LogP contribution in [0.5, 0.6) is 0 Å². The number of nitrogens with two attached hydrogens (primary N) is 1. The van der Waals surface area contributed by atoms with E-state index in [0.29, 0.717) is 6.04 Å². The van der Waals surface area contributed by atoms with Crippen LogP contribution < -0.4 is 5.73 Å². The molecule has 3 atom stereocenters. The van der Waals surface area contributed by atoms with Crippen molar-refractivity contribution in [2.75, 3.05) is 0 Å². The van der Waals surface area contributed by atoms with Crippen LogP contribution in [-0.2, 0) is 0 Å². The molecule has 0 saturated heterocycles. The highest BCUT2D eigenvalue weighted by molar-refractivity contribution is 4.83. The Hall–Kier alpha value is -0.0400. The fourth-order valence-electron chi connectivity index (χ4n) is 3.92. The summed E-state index contributed by atoms with van der Waals surface area (Å²) >= 11 is 0. The minimum absolute atomic E-state index is 0.512. The summed E-state index contributed by atoms with van der Waals surface area (Å²) in [5.74, 6) is 2.80. The van der Waals surface area contributed by atoms with Crippen LogP contribution >= 0.6 is 0 Å². The fraction of sp³-hybridized carbons (Fsp3) is 1.00. The van der Waals surface area contributed by atoms with Crippen LogP contribution in [0.15, 0.2) is 0 Å². The second kappa shape index (κ2) is 6.05. The van der Waals surface area contributed by atoms with Crippen molar-refractivity contribution in [2.45, 2.75) is 77.2 Å². The lowest BCUT2D eigenvalue weighted by Crippen LogP contribution is -2.35. The van der Waals surface area contributed by atoms with Crippen molar-refractivity contribution in [2.24, 2.45) is 23.5 Å². The third kappa shape index (κ3) is 3.23. The smallest absolute Gasteiger partial charge is 0.00699 e. The number of hydrogen-bond donors (Lipinski definition) is 1. The maximum absolute atomic E-state index is 6.45. The Morgan fingerprint density at radius 2 is 1.69 bits per heavy atom. The van der Waals surface area contributed by atoms with Crippen LogP contribution in [0.4, 0.5) is 0 Å². The maximum Gasteiger partial charge on any atom is 0.00699 e. The van der Waals surface area contributed by atoms with Gasteiger partial charge in [-0.15, -0.1) is 0 Å². The predicted molar refractivity (Wildman–Crippen MR) is 70.3 cm³/mol. The molecule has 2 rings (SSSR count). The van der Waals surface area contributed by atoms with E-state index in [9.17, 15) is 0 Å². The molecule has 2 aliphatic carbocycles. The Morgan fingerprint density at radius 3 is 2.38 bits per heavy atom. The van der Waals surface area contributed by atoms with Crippen molar-refractivity contribution < 1.29 is 0 Å². The van der Waals surface area contributed by atoms with E-state index in [1.54, 1.807) is 0 Å². The van der Waals surface area contributed by atoms with Crippen LogP contribution in [-0.4, -0.2) is 6.04 Å². The van der Waals surface area contributed by atoms with Crippen molar-refractivity contribution >= 4 is 0 Å². The summed E-state index contributed by atoms with van der Waals surface area (Å²) < 4.78 is 0. The van der Waals surface area contributed by atoms with Gasteiger partial charge in [-0.2, -0.15) is 0 Å². The molecule has 0 heterocycles. The van der Waals surface area contributed by atoms with Gasteiger partial charge in [0.1, 0.15) is 0 Å². The second-order valence-corrected chi connectivity index (χ2v) is 6.25. The molecule has 0 aromatic rings. The van der Waals surface area contributed by atoms with Crippen LogP contribution in [0.25, 0.3) is 0 Å². The number of rotatable bonds is 4. The summed E-state index contributed by atoms with van der Waals surface area (Å²) in [6, 6.07) is 0.512. The van der Waals surface area contributed by atoms with E-state index in [0.717, 1.165) is 17.8 Å². The van der Waals surface area contributed by atoms with Gasteiger partial charge >= 0.3 is 0 Å². The van der Waals surface area contributed by atoms with Gasteiger partial charge in [-0.05, 0) is 37.0 Å². The van der Waals surface area contributed by atoms with Crippen LogP contribution in [0.1, 0.15) is 71.1 Å². The molecule has 0 amide bonds. The van der Waals surface area contributed by atoms with Gasteiger partial charge in [0, 0.05) is 6.04 Å². The Kier molecular flexibility index (Phi) is 4.69. The molecule has 2 fully saturated rings. The van der Waals surface area contributed by atoms with Gasteiger partial charge in [0.25, 0.3) is 0 Å². The zero-order valence-electron chi connectivity index (χ0n) is 11.0. The molecule has 0 aromatic carbocycles. The largest absolute Gasteiger partial charge is 0.327 e. The molecule has 16 heavy (non-hydrogen) atoms. The lowest BCUT2D eigenvalue weighted by molar-refractivity contribution is 0.211. The fourth-order valence-corrected chi connectivity index (χ4v) is 3.92. The third-order valence-electron chi connectivity index (χ3n) is 5.09. The van der Waals surface area contributed by atoms with Gasteiger partial charge in [-0.25, -0.2) is 0 Å². The molecule has 0 radical (unpaired) electrons. The lowest BCUT2D eigenvalue weighted by atomic mass is 9.75. The quantitative estimate of drug-likeness (QED) is 0.762. The van der Waals surface area contributed by atoms with Crippen molar-refractivity contribution in [3.8, 4) is 0 Å². The molecule has 1 nitrogen and oxygen atoms in total. The first kappa shape index (κ1) is 12.4. The van der Waals surface area contributed by atoms with Gasteiger partial charge in [0.15, 0.2) is 0 Å². The highest BCUT2D eigenvalue weighted by Gasteiger charge is 2.28. The molecular weight excluding hydrogens is 194 g/mol. The Labute approximate surface area is 101 Å². The molecular formula is C15H29N. The van der Waals surface area contributed by atoms with E-state index in [-0.39, 0.29) is 0 Å². The average molecular weight is 223 g/mol. The van der Waals surface area contributed by atoms with E-state index in [1.165, 1.54) is 64.2 Å². The minimum Gasteiger partial charge on any atom is -0.327 e. The lowest BCUT2D eigenvalue weighted by Gasteiger charge is -2.33. The summed E-state index contributed by atoms with van der Waals surface area (Å²) in [6.07, 6.45) is 14.2. The van der Waals surface area contributed by atoms with Crippen molar-refractivity contribution in [3.63, 3.8) is 0 Å². The topological polar surface area (TPSA) is 26.0 Å². The highest BCUT2D eigenvalue weighted by atomic mass is 14.7. The first-order valence-corrected chi connectivity index (χ1v) is 7.55. The van der Waals surface area contributed by atoms with Crippen LogP contribution in [0.2, 0.25) is 0 Å². The summed E-state index contributed by atoms with van der Waals surface area (Å²) in [5, 5.41) is 0. The summed E-state index contributed by atoms with van der Waals surface area (Å²) in [7, 11) is 0. The van der Waals surface area contributed by atoms with Crippen LogP contribution in [0, 0.1) is 17.8 Å². The third-order valence-corrected chi connectivity index (χ3v) is 5.09. The predicted octanol–water partition coefficient (Wildman–Crippen LogP) is 4.11. The molecule has 2 N–H and O–H groups in total. The summed E-state index contributed by atoms with van der Waals surface area (Å²) in [5.41, 5.74) is 6.45. The van der Waals surface area contributed by atoms with E-state index in [1.807, 2.05) is 0 Å². The summed E-state index contributed by atoms with van der Waals surface area (Å²) in [4.78, 5) is 0. The van der Waals surface area contributed by atoms with Gasteiger partial charge in [0.05, 0.1) is 0 Å². The van der Waals surface area contributed by atoms with E-state index in [4.69, 9.17) is 5.73 Å². The molecule has 3 unspecified atom stereocenters. The molecule has 0 spiro atoms. The molecule has 0 aliphatic heterocycles. The molecule has 0 bridgehead atoms. The van der Waals surface area contributed by atoms with Crippen molar-refractivity contribution in [1.29, 1.82) is 0 Å². The average Bonchev–Trinajstić information content (AvgIpc) is 2.82.